The number of para-hydroxylation sites is 2. The van der Waals surface area contributed by atoms with Crippen LogP contribution in [0.5, 0.6) is 5.75 Å². The molecule has 4 rings (SSSR count). The van der Waals surface area contributed by atoms with Crippen LogP contribution in [-0.4, -0.2) is 50.3 Å². The Labute approximate surface area is 219 Å². The van der Waals surface area contributed by atoms with Gasteiger partial charge in [-0.2, -0.15) is 5.10 Å². The lowest BCUT2D eigenvalue weighted by Crippen LogP contribution is -2.20. The number of hydrogen-bond donors (Lipinski definition) is 2. The number of nitrogens with zero attached hydrogens (tertiary/aromatic N) is 4. The van der Waals surface area contributed by atoms with Crippen LogP contribution >= 0.6 is 27.7 Å². The smallest absolute Gasteiger partial charge is 0.341 e. The Hall–Kier alpha value is -3.96. The molecule has 0 bridgehead atoms. The fraction of sp³-hybridized carbons (Fsp3) is 0.0800. The van der Waals surface area contributed by atoms with Crippen LogP contribution in [0.15, 0.2) is 93.6 Å². The minimum Gasteiger partial charge on any atom is -0.481 e. The van der Waals surface area contributed by atoms with E-state index in [4.69, 9.17) is 9.84 Å². The van der Waals surface area contributed by atoms with Crippen LogP contribution < -0.4 is 10.2 Å². The Morgan fingerprint density at radius 3 is 2.50 bits per heavy atom. The Balaban J connectivity index is 1.45. The van der Waals surface area contributed by atoms with Crippen molar-refractivity contribution in [1.82, 2.24) is 20.2 Å². The van der Waals surface area contributed by atoms with E-state index in [2.05, 4.69) is 36.7 Å². The number of aromatic nitrogens is 3. The van der Waals surface area contributed by atoms with Gasteiger partial charge in [0.15, 0.2) is 17.6 Å². The maximum absolute atomic E-state index is 12.5. The molecule has 0 unspecified atom stereocenters. The largest absolute Gasteiger partial charge is 0.481 e. The highest BCUT2D eigenvalue weighted by molar-refractivity contribution is 9.10. The van der Waals surface area contributed by atoms with E-state index in [9.17, 15) is 9.59 Å². The predicted octanol–water partition coefficient (Wildman–Crippen LogP) is 4.40. The van der Waals surface area contributed by atoms with Gasteiger partial charge in [-0.05, 0) is 36.4 Å². The van der Waals surface area contributed by atoms with E-state index in [0.717, 1.165) is 15.7 Å². The molecule has 0 spiro atoms. The van der Waals surface area contributed by atoms with Gasteiger partial charge in [0.1, 0.15) is 5.75 Å². The number of rotatable bonds is 10. The fourth-order valence-electron chi connectivity index (χ4n) is 3.15. The second kappa shape index (κ2) is 12.1. The van der Waals surface area contributed by atoms with Gasteiger partial charge in [0, 0.05) is 21.3 Å². The minimum absolute atomic E-state index is 0.0554. The molecule has 4 aromatic rings. The summed E-state index contributed by atoms with van der Waals surface area (Å²) in [4.78, 5) is 23.2. The number of nitrogens with one attached hydrogen (secondary N) is 1. The highest BCUT2D eigenvalue weighted by Gasteiger charge is 2.17. The number of carbonyl (C=O) groups is 2. The number of carboxylic acid groups (broad SMARTS) is 1. The summed E-state index contributed by atoms with van der Waals surface area (Å²) in [7, 11) is 0. The van der Waals surface area contributed by atoms with Crippen LogP contribution in [0.4, 0.5) is 0 Å². The first-order valence-corrected chi connectivity index (χ1v) is 12.4. The first kappa shape index (κ1) is 25.1. The first-order valence-electron chi connectivity index (χ1n) is 10.7. The van der Waals surface area contributed by atoms with Crippen molar-refractivity contribution in [1.29, 1.82) is 0 Å². The van der Waals surface area contributed by atoms with Crippen molar-refractivity contribution in [2.75, 3.05) is 12.4 Å². The van der Waals surface area contributed by atoms with E-state index in [1.54, 1.807) is 24.3 Å². The normalized spacial score (nSPS) is 10.9. The van der Waals surface area contributed by atoms with Gasteiger partial charge < -0.3 is 9.84 Å². The van der Waals surface area contributed by atoms with E-state index in [0.29, 0.717) is 22.3 Å². The summed E-state index contributed by atoms with van der Waals surface area (Å²) in [6, 6.07) is 24.2. The molecule has 11 heteroatoms. The maximum atomic E-state index is 12.5. The lowest BCUT2D eigenvalue weighted by atomic mass is 10.2. The Kier molecular flexibility index (Phi) is 8.48. The number of halogens is 1. The number of amides is 1. The Morgan fingerprint density at radius 2 is 1.75 bits per heavy atom. The standard InChI is InChI=1S/C25H20BrN5O4S/c26-19-12-10-17(11-13-19)24-29-30-25(31(24)20-7-2-1-3-8-20)36-16-22(32)28-27-14-18-6-4-5-9-21(18)35-15-23(33)34/h1-14H,15-16H2,(H,28,32)(H,33,34)/b27-14+. The van der Waals surface area contributed by atoms with E-state index in [1.165, 1.54) is 18.0 Å². The molecule has 0 aliphatic rings. The second-order valence-corrected chi connectivity index (χ2v) is 9.14. The third-order valence-electron chi connectivity index (χ3n) is 4.75. The van der Waals surface area contributed by atoms with Crippen LogP contribution in [0.3, 0.4) is 0 Å². The molecule has 9 nitrogen and oxygen atoms in total. The number of ether oxygens (including phenoxy) is 1. The number of hydrogen-bond acceptors (Lipinski definition) is 7. The molecule has 0 aliphatic carbocycles. The summed E-state index contributed by atoms with van der Waals surface area (Å²) >= 11 is 4.68. The number of aliphatic carboxylic acids is 1. The van der Waals surface area contributed by atoms with Crippen molar-refractivity contribution in [2.45, 2.75) is 5.16 Å². The molecule has 0 radical (unpaired) electrons. The van der Waals surface area contributed by atoms with Gasteiger partial charge in [-0.3, -0.25) is 9.36 Å². The number of hydrazone groups is 1. The predicted molar refractivity (Wildman–Crippen MR) is 141 cm³/mol. The molecule has 1 heterocycles. The molecule has 0 aliphatic heterocycles. The lowest BCUT2D eigenvalue weighted by Gasteiger charge is -2.10. The number of thioether (sulfide) groups is 1. The minimum atomic E-state index is -1.08. The van der Waals surface area contributed by atoms with Gasteiger partial charge in [0.2, 0.25) is 0 Å². The van der Waals surface area contributed by atoms with Crippen LogP contribution in [0.2, 0.25) is 0 Å². The summed E-state index contributed by atoms with van der Waals surface area (Å²) in [6.45, 7) is -0.474. The molecule has 0 atom stereocenters. The average molecular weight is 566 g/mol. The summed E-state index contributed by atoms with van der Waals surface area (Å²) < 4.78 is 8.10. The first-order chi connectivity index (χ1) is 17.5. The van der Waals surface area contributed by atoms with Gasteiger partial charge in [-0.25, -0.2) is 10.2 Å². The monoisotopic (exact) mass is 565 g/mol. The molecule has 36 heavy (non-hydrogen) atoms. The molecule has 3 aromatic carbocycles. The molecule has 0 fully saturated rings. The summed E-state index contributed by atoms with van der Waals surface area (Å²) in [5.74, 6) is -0.359. The molecule has 1 amide bonds. The zero-order valence-electron chi connectivity index (χ0n) is 18.7. The third-order valence-corrected chi connectivity index (χ3v) is 6.20. The third kappa shape index (κ3) is 6.58. The van der Waals surface area contributed by atoms with Crippen LogP contribution in [-0.2, 0) is 9.59 Å². The second-order valence-electron chi connectivity index (χ2n) is 7.29. The van der Waals surface area contributed by atoms with Crippen molar-refractivity contribution in [3.8, 4) is 22.8 Å². The zero-order valence-corrected chi connectivity index (χ0v) is 21.1. The van der Waals surface area contributed by atoms with Crippen molar-refractivity contribution < 1.29 is 19.4 Å². The summed E-state index contributed by atoms with van der Waals surface area (Å²) in [5.41, 5.74) is 4.77. The molecular weight excluding hydrogens is 546 g/mol. The summed E-state index contributed by atoms with van der Waals surface area (Å²) in [6.07, 6.45) is 1.40. The van der Waals surface area contributed by atoms with Crippen molar-refractivity contribution >= 4 is 45.8 Å². The van der Waals surface area contributed by atoms with Gasteiger partial charge in [0.25, 0.3) is 5.91 Å². The number of carbonyl (C=O) groups excluding carboxylic acids is 1. The molecular formula is C25H20BrN5O4S. The fourth-order valence-corrected chi connectivity index (χ4v) is 4.16. The van der Waals surface area contributed by atoms with Crippen LogP contribution in [0, 0.1) is 0 Å². The Morgan fingerprint density at radius 1 is 1.03 bits per heavy atom. The zero-order chi connectivity index (χ0) is 25.3. The van der Waals surface area contributed by atoms with Gasteiger partial charge >= 0.3 is 5.97 Å². The summed E-state index contributed by atoms with van der Waals surface area (Å²) in [5, 5.41) is 22.0. The average Bonchev–Trinajstić information content (AvgIpc) is 3.32. The number of benzene rings is 3. The molecule has 2 N–H and O–H groups in total. The maximum Gasteiger partial charge on any atom is 0.341 e. The van der Waals surface area contributed by atoms with Crippen molar-refractivity contribution in [3.05, 3.63) is 88.9 Å². The molecule has 0 saturated carbocycles. The lowest BCUT2D eigenvalue weighted by molar-refractivity contribution is -0.139. The number of carboxylic acids is 1. The quantitative estimate of drug-likeness (QED) is 0.166. The topological polar surface area (TPSA) is 119 Å². The van der Waals surface area contributed by atoms with Gasteiger partial charge in [-0.15, -0.1) is 10.2 Å². The highest BCUT2D eigenvalue weighted by atomic mass is 79.9. The van der Waals surface area contributed by atoms with Crippen molar-refractivity contribution in [2.24, 2.45) is 5.10 Å². The van der Waals surface area contributed by atoms with Crippen LogP contribution in [0.25, 0.3) is 17.1 Å². The molecule has 182 valence electrons. The SMILES string of the molecule is O=C(O)COc1ccccc1/C=N/NC(=O)CSc1nnc(-c2ccc(Br)cc2)n1-c1ccccc1. The van der Waals surface area contributed by atoms with Gasteiger partial charge in [0.05, 0.1) is 12.0 Å². The van der Waals surface area contributed by atoms with E-state index in [1.807, 2.05) is 59.2 Å². The van der Waals surface area contributed by atoms with E-state index >= 15 is 0 Å². The van der Waals surface area contributed by atoms with Crippen LogP contribution in [0.1, 0.15) is 5.56 Å². The van der Waals surface area contributed by atoms with Gasteiger partial charge in [-0.1, -0.05) is 70.2 Å². The van der Waals surface area contributed by atoms with Crippen molar-refractivity contribution in [3.63, 3.8) is 0 Å². The highest BCUT2D eigenvalue weighted by Crippen LogP contribution is 2.28. The molecule has 1 aromatic heterocycles. The molecule has 0 saturated heterocycles. The Bertz CT molecular complexity index is 1380. The van der Waals surface area contributed by atoms with E-state index in [-0.39, 0.29) is 11.7 Å². The van der Waals surface area contributed by atoms with E-state index < -0.39 is 12.6 Å².